The van der Waals surface area contributed by atoms with Crippen LogP contribution in [0.25, 0.3) is 0 Å². The lowest BCUT2D eigenvalue weighted by Crippen LogP contribution is -2.39. The van der Waals surface area contributed by atoms with E-state index in [1.807, 2.05) is 12.1 Å². The summed E-state index contributed by atoms with van der Waals surface area (Å²) >= 11 is 0. The van der Waals surface area contributed by atoms with Crippen molar-refractivity contribution in [3.8, 4) is 6.07 Å². The lowest BCUT2D eigenvalue weighted by atomic mass is 10.0. The Morgan fingerprint density at radius 1 is 1.34 bits per heavy atom. The third kappa shape index (κ3) is 4.93. The Morgan fingerprint density at radius 2 is 2.16 bits per heavy atom. The van der Waals surface area contributed by atoms with Gasteiger partial charge in [-0.15, -0.1) is 0 Å². The highest BCUT2D eigenvalue weighted by Gasteiger charge is 2.29. The van der Waals surface area contributed by atoms with E-state index in [4.69, 9.17) is 0 Å². The topological polar surface area (TPSA) is 114 Å². The van der Waals surface area contributed by atoms with Gasteiger partial charge in [0, 0.05) is 26.7 Å². The molecule has 9 heteroatoms. The number of aliphatic hydroxyl groups is 1. The maximum Gasteiger partial charge on any atom is 0.237 e. The van der Waals surface area contributed by atoms with Gasteiger partial charge in [0.1, 0.15) is 0 Å². The predicted octanol–water partition coefficient (Wildman–Crippen LogP) is 1.62. The van der Waals surface area contributed by atoms with Crippen molar-refractivity contribution < 1.29 is 18.3 Å². The van der Waals surface area contributed by atoms with E-state index in [-0.39, 0.29) is 30.2 Å². The molecule has 0 aliphatic carbocycles. The molecular formula is C23H26N4O4S. The van der Waals surface area contributed by atoms with Gasteiger partial charge >= 0.3 is 0 Å². The number of nitrogens with zero attached hydrogens (tertiary/aromatic N) is 3. The number of fused-ring (bicyclic) bond motifs is 1. The van der Waals surface area contributed by atoms with Crippen LogP contribution in [0.4, 0.5) is 5.69 Å². The van der Waals surface area contributed by atoms with E-state index in [1.54, 1.807) is 42.3 Å². The third-order valence-electron chi connectivity index (χ3n) is 6.08. The van der Waals surface area contributed by atoms with Crippen LogP contribution < -0.4 is 4.72 Å². The summed E-state index contributed by atoms with van der Waals surface area (Å²) in [6.45, 7) is 1.86. The summed E-state index contributed by atoms with van der Waals surface area (Å²) in [6.07, 6.45) is 0.466. The van der Waals surface area contributed by atoms with E-state index >= 15 is 0 Å². The van der Waals surface area contributed by atoms with Crippen LogP contribution in [0.15, 0.2) is 42.5 Å². The zero-order valence-corrected chi connectivity index (χ0v) is 18.7. The number of β-amino-alcohol motifs (C(OH)–C–C–N with tert-alkyl or cyclic N) is 1. The molecule has 1 fully saturated rings. The van der Waals surface area contributed by atoms with E-state index in [0.29, 0.717) is 36.3 Å². The number of hydrogen-bond donors (Lipinski definition) is 2. The van der Waals surface area contributed by atoms with Gasteiger partial charge in [-0.2, -0.15) is 5.26 Å². The number of nitrogens with one attached hydrogen (secondary N) is 1. The fourth-order valence-electron chi connectivity index (χ4n) is 4.33. The second kappa shape index (κ2) is 8.90. The van der Waals surface area contributed by atoms with E-state index < -0.39 is 10.0 Å². The zero-order valence-electron chi connectivity index (χ0n) is 17.9. The third-order valence-corrected chi connectivity index (χ3v) is 7.30. The fraction of sp³-hybridized carbons (Fsp3) is 0.391. The number of anilines is 1. The first-order valence-electron chi connectivity index (χ1n) is 10.5. The molecule has 2 aromatic rings. The van der Waals surface area contributed by atoms with Crippen LogP contribution in [0, 0.1) is 11.3 Å². The van der Waals surface area contributed by atoms with Crippen LogP contribution in [0.3, 0.4) is 0 Å². The van der Waals surface area contributed by atoms with Gasteiger partial charge in [0.05, 0.1) is 41.6 Å². The lowest BCUT2D eigenvalue weighted by Gasteiger charge is -2.32. The molecule has 2 N–H and O–H groups in total. The highest BCUT2D eigenvalue weighted by atomic mass is 32.2. The van der Waals surface area contributed by atoms with Crippen molar-refractivity contribution in [1.82, 2.24) is 9.80 Å². The number of likely N-dealkylation sites (N-methyl/N-ethyl adjacent to an activating group) is 1. The van der Waals surface area contributed by atoms with Crippen LogP contribution in [0.1, 0.15) is 34.7 Å². The second-order valence-corrected chi connectivity index (χ2v) is 10.2. The largest absolute Gasteiger partial charge is 0.392 e. The smallest absolute Gasteiger partial charge is 0.237 e. The summed E-state index contributed by atoms with van der Waals surface area (Å²) in [5.74, 6) is -0.159. The van der Waals surface area contributed by atoms with Crippen LogP contribution in [0.5, 0.6) is 0 Å². The highest BCUT2D eigenvalue weighted by molar-refractivity contribution is 7.92. The van der Waals surface area contributed by atoms with Gasteiger partial charge in [-0.25, -0.2) is 8.42 Å². The van der Waals surface area contributed by atoms with Crippen molar-refractivity contribution >= 4 is 21.6 Å². The summed E-state index contributed by atoms with van der Waals surface area (Å²) in [5.41, 5.74) is 3.35. The minimum absolute atomic E-state index is 0.0462. The Labute approximate surface area is 188 Å². The molecule has 2 aliphatic heterocycles. The number of carbonyl (C=O) groups excluding carboxylic acids is 1. The Morgan fingerprint density at radius 3 is 2.88 bits per heavy atom. The van der Waals surface area contributed by atoms with Crippen molar-refractivity contribution in [2.75, 3.05) is 31.4 Å². The average molecular weight is 455 g/mol. The van der Waals surface area contributed by atoms with E-state index in [1.165, 1.54) is 0 Å². The summed E-state index contributed by atoms with van der Waals surface area (Å²) in [7, 11) is -1.59. The van der Waals surface area contributed by atoms with E-state index in [9.17, 15) is 23.6 Å². The normalized spacial score (nSPS) is 20.2. The molecule has 0 unspecified atom stereocenters. The molecule has 1 amide bonds. The van der Waals surface area contributed by atoms with Gasteiger partial charge in [0.15, 0.2) is 0 Å². The number of aliphatic hydroxyl groups excluding tert-OH is 1. The SMILES string of the molecule is CN(C(=O)Cc1ccc2c(c1)NS(=O)(=O)C2)[C@H](CN1CC[C@@H](O)C1)c1cccc(C#N)c1. The summed E-state index contributed by atoms with van der Waals surface area (Å²) < 4.78 is 26.1. The van der Waals surface area contributed by atoms with Crippen molar-refractivity contribution in [3.63, 3.8) is 0 Å². The number of rotatable bonds is 6. The zero-order chi connectivity index (χ0) is 22.9. The Kier molecular flexibility index (Phi) is 6.20. The number of hydrogen-bond acceptors (Lipinski definition) is 6. The predicted molar refractivity (Wildman–Crippen MR) is 120 cm³/mol. The van der Waals surface area contributed by atoms with Gasteiger partial charge in [-0.05, 0) is 41.3 Å². The minimum Gasteiger partial charge on any atom is -0.392 e. The molecule has 0 spiro atoms. The molecule has 1 saturated heterocycles. The van der Waals surface area contributed by atoms with E-state index in [2.05, 4.69) is 15.7 Å². The number of carbonyl (C=O) groups is 1. The summed E-state index contributed by atoms with van der Waals surface area (Å²) in [4.78, 5) is 17.0. The molecule has 0 radical (unpaired) electrons. The van der Waals surface area contributed by atoms with Crippen LogP contribution in [-0.4, -0.2) is 62.0 Å². The van der Waals surface area contributed by atoms with Gasteiger partial charge in [-0.3, -0.25) is 14.4 Å². The summed E-state index contributed by atoms with van der Waals surface area (Å²) in [5, 5.41) is 19.2. The Hall–Kier alpha value is -2.93. The number of sulfonamides is 1. The standard InChI is InChI=1S/C23H26N4O4S/c1-26(23(29)11-16-5-6-19-15-32(30,31)25-21(19)10-16)22(14-27-8-7-20(28)13-27)18-4-2-3-17(9-18)12-24/h2-6,9-10,20,22,25,28H,7-8,11,13-15H2,1H3/t20-,22-/m1/s1. The average Bonchev–Trinajstić information content (AvgIpc) is 3.31. The first-order chi connectivity index (χ1) is 15.2. The van der Waals surface area contributed by atoms with Crippen LogP contribution in [0.2, 0.25) is 0 Å². The highest BCUT2D eigenvalue weighted by Crippen LogP contribution is 2.29. The summed E-state index contributed by atoms with van der Waals surface area (Å²) in [6, 6.07) is 14.4. The van der Waals surface area contributed by atoms with Gasteiger partial charge in [0.25, 0.3) is 0 Å². The number of amides is 1. The molecular weight excluding hydrogens is 428 g/mol. The van der Waals surface area contributed by atoms with Gasteiger partial charge in [-0.1, -0.05) is 24.3 Å². The van der Waals surface area contributed by atoms with Crippen molar-refractivity contribution in [2.45, 2.75) is 30.7 Å². The van der Waals surface area contributed by atoms with Gasteiger partial charge in [0.2, 0.25) is 15.9 Å². The molecule has 2 aliphatic rings. The molecule has 0 aromatic heterocycles. The van der Waals surface area contributed by atoms with Crippen LogP contribution in [-0.2, 0) is 27.0 Å². The second-order valence-electron chi connectivity index (χ2n) is 8.49. The fourth-order valence-corrected chi connectivity index (χ4v) is 5.58. The van der Waals surface area contributed by atoms with Crippen molar-refractivity contribution in [1.29, 1.82) is 5.26 Å². The Bertz CT molecular complexity index is 1170. The number of nitriles is 1. The molecule has 4 rings (SSSR count). The lowest BCUT2D eigenvalue weighted by molar-refractivity contribution is -0.131. The van der Waals surface area contributed by atoms with E-state index in [0.717, 1.165) is 17.7 Å². The molecule has 2 heterocycles. The van der Waals surface area contributed by atoms with Crippen molar-refractivity contribution in [3.05, 3.63) is 64.7 Å². The Balaban J connectivity index is 1.54. The molecule has 8 nitrogen and oxygen atoms in total. The molecule has 0 bridgehead atoms. The maximum atomic E-state index is 13.2. The molecule has 2 aromatic carbocycles. The molecule has 0 saturated carbocycles. The molecule has 2 atom stereocenters. The van der Waals surface area contributed by atoms with Crippen molar-refractivity contribution in [2.24, 2.45) is 0 Å². The minimum atomic E-state index is -3.34. The van der Waals surface area contributed by atoms with Crippen LogP contribution >= 0.6 is 0 Å². The molecule has 168 valence electrons. The number of likely N-dealkylation sites (tertiary alicyclic amines) is 1. The quantitative estimate of drug-likeness (QED) is 0.686. The van der Waals surface area contributed by atoms with Gasteiger partial charge < -0.3 is 10.0 Å². The first-order valence-corrected chi connectivity index (χ1v) is 12.2. The first kappa shape index (κ1) is 22.3. The maximum absolute atomic E-state index is 13.2. The number of benzene rings is 2. The molecule has 32 heavy (non-hydrogen) atoms. The monoisotopic (exact) mass is 454 g/mol.